The third-order valence-electron chi connectivity index (χ3n) is 3.94. The van der Waals surface area contributed by atoms with Crippen molar-refractivity contribution in [3.8, 4) is 0 Å². The van der Waals surface area contributed by atoms with Crippen molar-refractivity contribution in [2.45, 2.75) is 39.5 Å². The molecule has 2 aromatic rings. The van der Waals surface area contributed by atoms with Crippen molar-refractivity contribution in [3.05, 3.63) is 35.3 Å². The molecule has 0 radical (unpaired) electrons. The number of aromatic nitrogens is 2. The number of morpholine rings is 1. The third-order valence-corrected chi connectivity index (χ3v) is 3.94. The molecule has 3 rings (SSSR count). The van der Waals surface area contributed by atoms with Crippen molar-refractivity contribution in [1.82, 2.24) is 14.3 Å². The molecule has 1 aliphatic rings. The van der Waals surface area contributed by atoms with Gasteiger partial charge in [-0.15, -0.1) is 0 Å². The summed E-state index contributed by atoms with van der Waals surface area (Å²) in [5.74, 6) is -0.981. The maximum Gasteiger partial charge on any atom is 0.356 e. The van der Waals surface area contributed by atoms with E-state index >= 15 is 0 Å². The highest BCUT2D eigenvalue weighted by molar-refractivity contribution is 5.88. The van der Waals surface area contributed by atoms with Gasteiger partial charge in [0.15, 0.2) is 5.69 Å². The lowest BCUT2D eigenvalue weighted by atomic mass is 10.2. The lowest BCUT2D eigenvalue weighted by molar-refractivity contribution is -0.0708. The van der Waals surface area contributed by atoms with Gasteiger partial charge in [0, 0.05) is 25.8 Å². The van der Waals surface area contributed by atoms with Gasteiger partial charge in [-0.2, -0.15) is 0 Å². The van der Waals surface area contributed by atoms with Crippen LogP contribution in [0.2, 0.25) is 0 Å². The SMILES string of the molecule is Cc1ccc2nc(C(=O)O)c(CN3CC(C)OC(C)C3)n2c1. The molecule has 22 heavy (non-hydrogen) atoms. The van der Waals surface area contributed by atoms with Gasteiger partial charge in [0.25, 0.3) is 0 Å². The first-order chi connectivity index (χ1) is 10.4. The summed E-state index contributed by atoms with van der Waals surface area (Å²) in [5, 5.41) is 9.45. The van der Waals surface area contributed by atoms with Gasteiger partial charge in [-0.3, -0.25) is 4.90 Å². The van der Waals surface area contributed by atoms with Crippen LogP contribution < -0.4 is 0 Å². The number of aryl methyl sites for hydroxylation is 1. The number of hydrogen-bond acceptors (Lipinski definition) is 4. The molecule has 0 saturated carbocycles. The zero-order valence-corrected chi connectivity index (χ0v) is 13.1. The number of nitrogens with zero attached hydrogens (tertiary/aromatic N) is 3. The molecular weight excluding hydrogens is 282 g/mol. The Bertz CT molecular complexity index is 700. The molecule has 3 heterocycles. The number of aromatic carboxylic acids is 1. The number of fused-ring (bicyclic) bond motifs is 1. The van der Waals surface area contributed by atoms with Crippen LogP contribution in [0.4, 0.5) is 0 Å². The van der Waals surface area contributed by atoms with Gasteiger partial charge >= 0.3 is 5.97 Å². The number of imidazole rings is 1. The number of pyridine rings is 1. The summed E-state index contributed by atoms with van der Waals surface area (Å²) in [6, 6.07) is 3.80. The van der Waals surface area contributed by atoms with Crippen molar-refractivity contribution in [2.24, 2.45) is 0 Å². The second kappa shape index (κ2) is 5.70. The molecule has 118 valence electrons. The molecule has 2 aromatic heterocycles. The second-order valence-electron chi connectivity index (χ2n) is 6.10. The summed E-state index contributed by atoms with van der Waals surface area (Å²) in [6.07, 6.45) is 2.24. The molecule has 0 spiro atoms. The second-order valence-corrected chi connectivity index (χ2v) is 6.10. The lowest BCUT2D eigenvalue weighted by Crippen LogP contribution is -2.45. The minimum atomic E-state index is -0.981. The maximum absolute atomic E-state index is 11.5. The smallest absolute Gasteiger partial charge is 0.356 e. The molecule has 0 aromatic carbocycles. The van der Waals surface area contributed by atoms with Gasteiger partial charge in [0.05, 0.1) is 17.9 Å². The van der Waals surface area contributed by atoms with Crippen molar-refractivity contribution in [3.63, 3.8) is 0 Å². The molecule has 0 aliphatic carbocycles. The molecule has 6 nitrogen and oxygen atoms in total. The van der Waals surface area contributed by atoms with Gasteiger partial charge in [-0.05, 0) is 32.4 Å². The average Bonchev–Trinajstić information content (AvgIpc) is 2.76. The fourth-order valence-electron chi connectivity index (χ4n) is 3.15. The van der Waals surface area contributed by atoms with Crippen LogP contribution >= 0.6 is 0 Å². The van der Waals surface area contributed by atoms with Gasteiger partial charge in [-0.25, -0.2) is 9.78 Å². The minimum absolute atomic E-state index is 0.136. The van der Waals surface area contributed by atoms with Crippen LogP contribution in [-0.2, 0) is 11.3 Å². The Morgan fingerprint density at radius 2 is 2.05 bits per heavy atom. The van der Waals surface area contributed by atoms with Crippen molar-refractivity contribution >= 4 is 11.6 Å². The Labute approximate surface area is 129 Å². The summed E-state index contributed by atoms with van der Waals surface area (Å²) in [4.78, 5) is 18.0. The molecule has 0 bridgehead atoms. The van der Waals surface area contributed by atoms with E-state index in [1.807, 2.05) is 43.5 Å². The summed E-state index contributed by atoms with van der Waals surface area (Å²) < 4.78 is 7.63. The number of carbonyl (C=O) groups is 1. The zero-order chi connectivity index (χ0) is 15.9. The molecule has 1 aliphatic heterocycles. The number of hydrogen-bond donors (Lipinski definition) is 1. The first-order valence-electron chi connectivity index (χ1n) is 7.52. The molecule has 0 amide bonds. The highest BCUT2D eigenvalue weighted by Crippen LogP contribution is 2.19. The fraction of sp³-hybridized carbons (Fsp3) is 0.500. The summed E-state index contributed by atoms with van der Waals surface area (Å²) in [5.41, 5.74) is 2.61. The number of rotatable bonds is 3. The average molecular weight is 303 g/mol. The van der Waals surface area contributed by atoms with E-state index in [0.717, 1.165) is 24.3 Å². The quantitative estimate of drug-likeness (QED) is 0.938. The van der Waals surface area contributed by atoms with E-state index < -0.39 is 5.97 Å². The van der Waals surface area contributed by atoms with E-state index in [2.05, 4.69) is 9.88 Å². The van der Waals surface area contributed by atoms with Crippen molar-refractivity contribution < 1.29 is 14.6 Å². The summed E-state index contributed by atoms with van der Waals surface area (Å²) >= 11 is 0. The van der Waals surface area contributed by atoms with Gasteiger partial charge in [0.1, 0.15) is 5.65 Å². The van der Waals surface area contributed by atoms with Gasteiger partial charge < -0.3 is 14.2 Å². The minimum Gasteiger partial charge on any atom is -0.476 e. The largest absolute Gasteiger partial charge is 0.476 e. The van der Waals surface area contributed by atoms with Crippen LogP contribution in [0, 0.1) is 6.92 Å². The Balaban J connectivity index is 1.99. The Morgan fingerprint density at radius 1 is 1.36 bits per heavy atom. The zero-order valence-electron chi connectivity index (χ0n) is 13.1. The molecular formula is C16H21N3O3. The van der Waals surface area contributed by atoms with Crippen LogP contribution in [0.15, 0.2) is 18.3 Å². The Kier molecular flexibility index (Phi) is 3.88. The van der Waals surface area contributed by atoms with Crippen LogP contribution in [0.1, 0.15) is 35.6 Å². The maximum atomic E-state index is 11.5. The standard InChI is InChI=1S/C16H21N3O3/c1-10-4-5-14-17-15(16(20)21)13(19(14)6-10)9-18-7-11(2)22-12(3)8-18/h4-6,11-12H,7-9H2,1-3H3,(H,20,21). The van der Waals surface area contributed by atoms with E-state index in [1.54, 1.807) is 0 Å². The van der Waals surface area contributed by atoms with E-state index in [1.165, 1.54) is 0 Å². The van der Waals surface area contributed by atoms with Crippen LogP contribution in [0.25, 0.3) is 5.65 Å². The molecule has 1 saturated heterocycles. The fourth-order valence-corrected chi connectivity index (χ4v) is 3.15. The topological polar surface area (TPSA) is 67.1 Å². The number of carboxylic acids is 1. The predicted molar refractivity (Wildman–Crippen MR) is 82.2 cm³/mol. The first kappa shape index (κ1) is 15.0. The van der Waals surface area contributed by atoms with Crippen molar-refractivity contribution in [1.29, 1.82) is 0 Å². The van der Waals surface area contributed by atoms with Gasteiger partial charge in [0.2, 0.25) is 0 Å². The monoisotopic (exact) mass is 303 g/mol. The normalized spacial score (nSPS) is 23.0. The Hall–Kier alpha value is -1.92. The van der Waals surface area contributed by atoms with Crippen molar-refractivity contribution in [2.75, 3.05) is 13.1 Å². The number of carboxylic acid groups (broad SMARTS) is 1. The molecule has 2 unspecified atom stereocenters. The highest BCUT2D eigenvalue weighted by atomic mass is 16.5. The van der Waals surface area contributed by atoms with E-state index in [9.17, 15) is 9.90 Å². The molecule has 6 heteroatoms. The lowest BCUT2D eigenvalue weighted by Gasteiger charge is -2.35. The van der Waals surface area contributed by atoms with E-state index in [4.69, 9.17) is 4.74 Å². The first-order valence-corrected chi connectivity index (χ1v) is 7.52. The van der Waals surface area contributed by atoms with Crippen LogP contribution in [0.5, 0.6) is 0 Å². The summed E-state index contributed by atoms with van der Waals surface area (Å²) in [7, 11) is 0. The number of ether oxygens (including phenoxy) is 1. The molecule has 1 fully saturated rings. The van der Waals surface area contributed by atoms with Gasteiger partial charge in [-0.1, -0.05) is 6.07 Å². The Morgan fingerprint density at radius 3 is 2.68 bits per heavy atom. The van der Waals surface area contributed by atoms with Crippen LogP contribution in [-0.4, -0.2) is 50.7 Å². The van der Waals surface area contributed by atoms with Crippen LogP contribution in [0.3, 0.4) is 0 Å². The third kappa shape index (κ3) is 2.84. The predicted octanol–water partition coefficient (Wildman–Crippen LogP) is 1.95. The molecule has 1 N–H and O–H groups in total. The highest BCUT2D eigenvalue weighted by Gasteiger charge is 2.26. The van der Waals surface area contributed by atoms with E-state index in [0.29, 0.717) is 12.2 Å². The van der Waals surface area contributed by atoms with E-state index in [-0.39, 0.29) is 17.9 Å². The summed E-state index contributed by atoms with van der Waals surface area (Å²) in [6.45, 7) is 8.22. The molecule has 2 atom stereocenters.